The van der Waals surface area contributed by atoms with Gasteiger partial charge in [0.2, 0.25) is 0 Å². The lowest BCUT2D eigenvalue weighted by molar-refractivity contribution is 0.155. The third kappa shape index (κ3) is 0.918. The molecule has 0 aromatic carbocycles. The molecule has 39 valence electrons. The largest absolute Gasteiger partial charge is 0.395 e. The van der Waals surface area contributed by atoms with Gasteiger partial charge in [0, 0.05) is 5.92 Å². The highest BCUT2D eigenvalue weighted by molar-refractivity contribution is 5.61. The van der Waals surface area contributed by atoms with Crippen molar-refractivity contribution in [3.63, 3.8) is 0 Å². The first-order chi connectivity index (χ1) is 3.43. The van der Waals surface area contributed by atoms with Crippen LogP contribution in [0.4, 0.5) is 0 Å². The molecule has 1 unspecified atom stereocenters. The molecule has 2 heteroatoms. The van der Waals surface area contributed by atoms with E-state index in [1.54, 1.807) is 6.21 Å². The lowest BCUT2D eigenvalue weighted by atomic mass is 10.1. The predicted molar refractivity (Wildman–Crippen MR) is 27.9 cm³/mol. The van der Waals surface area contributed by atoms with Crippen LogP contribution in [0.5, 0.6) is 0 Å². The van der Waals surface area contributed by atoms with Gasteiger partial charge >= 0.3 is 0 Å². The van der Waals surface area contributed by atoms with Gasteiger partial charge in [-0.25, -0.2) is 0 Å². The zero-order valence-corrected chi connectivity index (χ0v) is 4.13. The molecule has 1 aliphatic heterocycles. The normalized spacial score (nSPS) is 27.9. The molecule has 1 radical (unpaired) electrons. The smallest absolute Gasteiger partial charge is 0.125 e. The zero-order chi connectivity index (χ0) is 5.11. The fraction of sp³-hybridized carbons (Fsp3) is 0.600. The molecule has 0 aromatic rings. The van der Waals surface area contributed by atoms with Gasteiger partial charge < -0.3 is 4.84 Å². The average molecular weight is 98.1 g/mol. The molecule has 0 N–H and O–H groups in total. The Bertz CT molecular complexity index is 80.1. The summed E-state index contributed by atoms with van der Waals surface area (Å²) in [6, 6.07) is 0. The van der Waals surface area contributed by atoms with E-state index in [9.17, 15) is 0 Å². The summed E-state index contributed by atoms with van der Waals surface area (Å²) < 4.78 is 0. The van der Waals surface area contributed by atoms with Gasteiger partial charge in [-0.2, -0.15) is 0 Å². The molecular weight excluding hydrogens is 90.1 g/mol. The summed E-state index contributed by atoms with van der Waals surface area (Å²) in [5.74, 6) is 0.472. The van der Waals surface area contributed by atoms with Gasteiger partial charge in [0.1, 0.15) is 6.61 Å². The fourth-order valence-electron chi connectivity index (χ4n) is 0.469. The Morgan fingerprint density at radius 1 is 2.00 bits per heavy atom. The van der Waals surface area contributed by atoms with Gasteiger partial charge in [0.05, 0.1) is 6.21 Å². The quantitative estimate of drug-likeness (QED) is 0.476. The standard InChI is InChI=1S/C5H8NO/c1-2-5-3-6-7-4-5/h3,5H,1-2,4H2. The van der Waals surface area contributed by atoms with Crippen molar-refractivity contribution in [3.8, 4) is 0 Å². The highest BCUT2D eigenvalue weighted by Gasteiger charge is 2.07. The molecular formula is C5H8NO. The van der Waals surface area contributed by atoms with Crippen LogP contribution in [0.25, 0.3) is 0 Å². The molecule has 0 aromatic heterocycles. The SMILES string of the molecule is [CH2]CC1C=NOC1. The Balaban J connectivity index is 2.28. The summed E-state index contributed by atoms with van der Waals surface area (Å²) in [6.45, 7) is 4.42. The van der Waals surface area contributed by atoms with E-state index in [1.165, 1.54) is 0 Å². The van der Waals surface area contributed by atoms with E-state index in [4.69, 9.17) is 0 Å². The van der Waals surface area contributed by atoms with Crippen LogP contribution in [0.1, 0.15) is 6.42 Å². The molecule has 0 fully saturated rings. The summed E-state index contributed by atoms with van der Waals surface area (Å²) in [7, 11) is 0. The highest BCUT2D eigenvalue weighted by Crippen LogP contribution is 2.04. The van der Waals surface area contributed by atoms with Gasteiger partial charge in [0.15, 0.2) is 0 Å². The number of hydrogen-bond donors (Lipinski definition) is 0. The fourth-order valence-corrected chi connectivity index (χ4v) is 0.469. The van der Waals surface area contributed by atoms with E-state index < -0.39 is 0 Å². The summed E-state index contributed by atoms with van der Waals surface area (Å²) in [5, 5.41) is 3.57. The van der Waals surface area contributed by atoms with Crippen molar-refractivity contribution in [1.29, 1.82) is 0 Å². The molecule has 1 atom stereocenters. The number of oxime groups is 1. The van der Waals surface area contributed by atoms with Gasteiger partial charge in [-0.3, -0.25) is 0 Å². The topological polar surface area (TPSA) is 21.6 Å². The molecule has 2 nitrogen and oxygen atoms in total. The minimum Gasteiger partial charge on any atom is -0.395 e. The number of nitrogens with zero attached hydrogens (tertiary/aromatic N) is 1. The first kappa shape index (κ1) is 4.62. The maximum atomic E-state index is 4.68. The van der Waals surface area contributed by atoms with Gasteiger partial charge in [-0.15, -0.1) is 0 Å². The average Bonchev–Trinajstić information content (AvgIpc) is 2.14. The molecule has 1 heterocycles. The third-order valence-electron chi connectivity index (χ3n) is 1.01. The molecule has 0 aliphatic carbocycles. The number of hydrogen-bond acceptors (Lipinski definition) is 2. The van der Waals surface area contributed by atoms with Crippen LogP contribution in [0.3, 0.4) is 0 Å². The van der Waals surface area contributed by atoms with Crippen LogP contribution < -0.4 is 0 Å². The van der Waals surface area contributed by atoms with E-state index in [0.29, 0.717) is 5.92 Å². The van der Waals surface area contributed by atoms with Crippen molar-refractivity contribution in [1.82, 2.24) is 0 Å². The van der Waals surface area contributed by atoms with E-state index in [-0.39, 0.29) is 0 Å². The lowest BCUT2D eigenvalue weighted by Crippen LogP contribution is -1.99. The summed E-state index contributed by atoms with van der Waals surface area (Å²) >= 11 is 0. The van der Waals surface area contributed by atoms with Crippen LogP contribution in [-0.2, 0) is 4.84 Å². The Morgan fingerprint density at radius 2 is 2.86 bits per heavy atom. The van der Waals surface area contributed by atoms with Crippen molar-refractivity contribution < 1.29 is 4.84 Å². The lowest BCUT2D eigenvalue weighted by Gasteiger charge is -1.93. The Labute approximate surface area is 43.2 Å². The third-order valence-corrected chi connectivity index (χ3v) is 1.01. The van der Waals surface area contributed by atoms with Crippen LogP contribution >= 0.6 is 0 Å². The maximum absolute atomic E-state index is 4.68. The molecule has 1 rings (SSSR count). The van der Waals surface area contributed by atoms with Crippen molar-refractivity contribution in [3.05, 3.63) is 6.92 Å². The van der Waals surface area contributed by atoms with Crippen molar-refractivity contribution >= 4 is 6.21 Å². The first-order valence-corrected chi connectivity index (χ1v) is 2.38. The second-order valence-electron chi connectivity index (χ2n) is 1.60. The van der Waals surface area contributed by atoms with Crippen molar-refractivity contribution in [2.45, 2.75) is 6.42 Å². The number of rotatable bonds is 1. The maximum Gasteiger partial charge on any atom is 0.125 e. The van der Waals surface area contributed by atoms with E-state index >= 15 is 0 Å². The van der Waals surface area contributed by atoms with Crippen LogP contribution in [0, 0.1) is 12.8 Å². The predicted octanol–water partition coefficient (Wildman–Crippen LogP) is 0.843. The van der Waals surface area contributed by atoms with Gasteiger partial charge in [-0.05, 0) is 6.42 Å². The molecule has 0 saturated carbocycles. The van der Waals surface area contributed by atoms with Crippen molar-refractivity contribution in [2.24, 2.45) is 11.1 Å². The van der Waals surface area contributed by atoms with Gasteiger partial charge in [-0.1, -0.05) is 12.1 Å². The monoisotopic (exact) mass is 98.1 g/mol. The van der Waals surface area contributed by atoms with Crippen LogP contribution in [0.2, 0.25) is 0 Å². The minimum atomic E-state index is 0.472. The van der Waals surface area contributed by atoms with E-state index in [2.05, 4.69) is 16.9 Å². The van der Waals surface area contributed by atoms with Gasteiger partial charge in [0.25, 0.3) is 0 Å². The van der Waals surface area contributed by atoms with E-state index in [0.717, 1.165) is 13.0 Å². The summed E-state index contributed by atoms with van der Waals surface area (Å²) in [4.78, 5) is 4.68. The Kier molecular flexibility index (Phi) is 1.29. The second kappa shape index (κ2) is 1.96. The molecule has 7 heavy (non-hydrogen) atoms. The zero-order valence-electron chi connectivity index (χ0n) is 4.13. The molecule has 0 amide bonds. The highest BCUT2D eigenvalue weighted by atomic mass is 16.6. The molecule has 0 spiro atoms. The van der Waals surface area contributed by atoms with Crippen LogP contribution in [-0.4, -0.2) is 12.8 Å². The second-order valence-corrected chi connectivity index (χ2v) is 1.60. The van der Waals surface area contributed by atoms with Crippen molar-refractivity contribution in [2.75, 3.05) is 6.61 Å². The Morgan fingerprint density at radius 3 is 3.14 bits per heavy atom. The minimum absolute atomic E-state index is 0.472. The van der Waals surface area contributed by atoms with E-state index in [1.807, 2.05) is 0 Å². The summed E-state index contributed by atoms with van der Waals surface area (Å²) in [5.41, 5.74) is 0. The van der Waals surface area contributed by atoms with Crippen LogP contribution in [0.15, 0.2) is 5.16 Å². The first-order valence-electron chi connectivity index (χ1n) is 2.38. The summed E-state index contributed by atoms with van der Waals surface area (Å²) in [6.07, 6.45) is 2.69. The molecule has 0 saturated heterocycles. The Hall–Kier alpha value is -0.530. The molecule has 0 bridgehead atoms. The molecule has 1 aliphatic rings.